The van der Waals surface area contributed by atoms with E-state index in [0.29, 0.717) is 28.4 Å². The molecule has 0 saturated carbocycles. The lowest BCUT2D eigenvalue weighted by Crippen LogP contribution is -2.45. The van der Waals surface area contributed by atoms with E-state index in [-0.39, 0.29) is 12.4 Å². The molecule has 1 heterocycles. The number of hydrogen-bond acceptors (Lipinski definition) is 4. The van der Waals surface area contributed by atoms with Gasteiger partial charge in [0.1, 0.15) is 5.75 Å². The molecule has 5 nitrogen and oxygen atoms in total. The molecule has 0 spiro atoms. The summed E-state index contributed by atoms with van der Waals surface area (Å²) in [6, 6.07) is 4.67. The Morgan fingerprint density at radius 3 is 2.42 bits per heavy atom. The van der Waals surface area contributed by atoms with Gasteiger partial charge in [-0.05, 0) is 43.3 Å². The lowest BCUT2D eigenvalue weighted by Gasteiger charge is -2.31. The molecular weight excluding hydrogens is 369 g/mol. The number of benzene rings is 1. The number of rotatable bonds is 6. The Labute approximate surface area is 154 Å². The van der Waals surface area contributed by atoms with Crippen molar-refractivity contribution in [1.82, 2.24) is 10.6 Å². The lowest BCUT2D eigenvalue weighted by molar-refractivity contribution is -0.274. The number of carbonyl (C=O) groups is 1. The Morgan fingerprint density at radius 1 is 1.23 bits per heavy atom. The molecular formula is C17H19F3N2O3S. The first-order valence-electron chi connectivity index (χ1n) is 8.08. The van der Waals surface area contributed by atoms with Crippen molar-refractivity contribution in [3.8, 4) is 5.75 Å². The van der Waals surface area contributed by atoms with E-state index in [1.54, 1.807) is 6.92 Å². The van der Waals surface area contributed by atoms with E-state index in [2.05, 4.69) is 15.4 Å². The molecule has 0 saturated heterocycles. The van der Waals surface area contributed by atoms with Crippen LogP contribution in [0.1, 0.15) is 38.3 Å². The van der Waals surface area contributed by atoms with E-state index in [4.69, 9.17) is 17.0 Å². The van der Waals surface area contributed by atoms with Crippen molar-refractivity contribution < 1.29 is 27.4 Å². The van der Waals surface area contributed by atoms with E-state index in [1.165, 1.54) is 24.3 Å². The molecule has 0 fully saturated rings. The standard InChI is InChI=1S/C17H19F3N2O3S/c1-3-5-12-13(15(23)24-4-2)14(22-16(26)21-12)10-6-8-11(9-7-10)25-17(18,19)20/h6-9,14H,3-5H2,1-2H3,(H2,21,22,26). The van der Waals surface area contributed by atoms with Crippen molar-refractivity contribution in [2.45, 2.75) is 39.1 Å². The zero-order chi connectivity index (χ0) is 19.3. The van der Waals surface area contributed by atoms with Crippen molar-refractivity contribution >= 4 is 23.3 Å². The van der Waals surface area contributed by atoms with Gasteiger partial charge >= 0.3 is 12.3 Å². The maximum Gasteiger partial charge on any atom is 0.573 e. The molecule has 1 aliphatic heterocycles. The first-order valence-corrected chi connectivity index (χ1v) is 8.49. The Hall–Kier alpha value is -2.29. The van der Waals surface area contributed by atoms with Gasteiger partial charge in [0.2, 0.25) is 0 Å². The number of carbonyl (C=O) groups excluding carboxylic acids is 1. The van der Waals surface area contributed by atoms with Crippen LogP contribution in [0.4, 0.5) is 13.2 Å². The van der Waals surface area contributed by atoms with E-state index in [0.717, 1.165) is 6.42 Å². The van der Waals surface area contributed by atoms with Crippen LogP contribution in [0.5, 0.6) is 5.75 Å². The summed E-state index contributed by atoms with van der Waals surface area (Å²) in [7, 11) is 0. The van der Waals surface area contributed by atoms with Crippen LogP contribution in [-0.2, 0) is 9.53 Å². The molecule has 1 aromatic carbocycles. The predicted molar refractivity (Wildman–Crippen MR) is 93.3 cm³/mol. The van der Waals surface area contributed by atoms with Gasteiger partial charge in [0.25, 0.3) is 0 Å². The number of nitrogens with one attached hydrogen (secondary N) is 2. The van der Waals surface area contributed by atoms with Crippen molar-refractivity contribution in [3.05, 3.63) is 41.1 Å². The molecule has 1 aromatic rings. The van der Waals surface area contributed by atoms with Crippen LogP contribution in [0, 0.1) is 0 Å². The maximum absolute atomic E-state index is 12.5. The van der Waals surface area contributed by atoms with Crippen LogP contribution < -0.4 is 15.4 Å². The highest BCUT2D eigenvalue weighted by Gasteiger charge is 2.33. The van der Waals surface area contributed by atoms with Gasteiger partial charge in [-0.15, -0.1) is 13.2 Å². The van der Waals surface area contributed by atoms with Crippen LogP contribution in [0.2, 0.25) is 0 Å². The number of thiocarbonyl (C=S) groups is 1. The van der Waals surface area contributed by atoms with Gasteiger partial charge in [-0.3, -0.25) is 0 Å². The van der Waals surface area contributed by atoms with Gasteiger partial charge in [-0.25, -0.2) is 4.79 Å². The second-order valence-electron chi connectivity index (χ2n) is 5.51. The number of alkyl halides is 3. The van der Waals surface area contributed by atoms with Gasteiger partial charge < -0.3 is 20.1 Å². The summed E-state index contributed by atoms with van der Waals surface area (Å²) in [5, 5.41) is 6.29. The summed E-state index contributed by atoms with van der Waals surface area (Å²) < 4.78 is 45.9. The van der Waals surface area contributed by atoms with Gasteiger partial charge in [-0.1, -0.05) is 25.5 Å². The van der Waals surface area contributed by atoms with Crippen LogP contribution in [0.15, 0.2) is 35.5 Å². The molecule has 0 aromatic heterocycles. The molecule has 2 rings (SSSR count). The summed E-state index contributed by atoms with van der Waals surface area (Å²) in [5.74, 6) is -0.840. The minimum Gasteiger partial charge on any atom is -0.463 e. The molecule has 1 unspecified atom stereocenters. The summed E-state index contributed by atoms with van der Waals surface area (Å²) in [6.45, 7) is 3.86. The molecule has 0 amide bonds. The summed E-state index contributed by atoms with van der Waals surface area (Å²) >= 11 is 5.19. The van der Waals surface area contributed by atoms with Gasteiger partial charge in [-0.2, -0.15) is 0 Å². The third-order valence-electron chi connectivity index (χ3n) is 3.60. The molecule has 142 valence electrons. The Kier molecular flexibility index (Phi) is 6.47. The van der Waals surface area contributed by atoms with E-state index in [1.807, 2.05) is 6.92 Å². The molecule has 1 aliphatic rings. The van der Waals surface area contributed by atoms with Gasteiger partial charge in [0.05, 0.1) is 18.2 Å². The molecule has 2 N–H and O–H groups in total. The fourth-order valence-corrected chi connectivity index (χ4v) is 2.87. The second kappa shape index (κ2) is 8.39. The lowest BCUT2D eigenvalue weighted by atomic mass is 9.94. The average Bonchev–Trinajstić information content (AvgIpc) is 2.54. The monoisotopic (exact) mass is 388 g/mol. The zero-order valence-corrected chi connectivity index (χ0v) is 15.1. The minimum atomic E-state index is -4.76. The third kappa shape index (κ3) is 5.10. The number of ether oxygens (including phenoxy) is 2. The normalized spacial score (nSPS) is 17.4. The third-order valence-corrected chi connectivity index (χ3v) is 3.82. The average molecular weight is 388 g/mol. The molecule has 0 aliphatic carbocycles. The number of halogens is 3. The van der Waals surface area contributed by atoms with Crippen molar-refractivity contribution in [2.75, 3.05) is 6.61 Å². The number of allylic oxidation sites excluding steroid dienone is 1. The van der Waals surface area contributed by atoms with Crippen molar-refractivity contribution in [2.24, 2.45) is 0 Å². The molecule has 1 atom stereocenters. The summed E-state index contributed by atoms with van der Waals surface area (Å²) in [4.78, 5) is 12.5. The first kappa shape index (κ1) is 20.0. The van der Waals surface area contributed by atoms with Crippen LogP contribution in [0.25, 0.3) is 0 Å². The van der Waals surface area contributed by atoms with Crippen LogP contribution >= 0.6 is 12.2 Å². The second-order valence-corrected chi connectivity index (χ2v) is 5.92. The van der Waals surface area contributed by atoms with E-state index >= 15 is 0 Å². The highest BCUT2D eigenvalue weighted by molar-refractivity contribution is 7.80. The van der Waals surface area contributed by atoms with Gasteiger partial charge in [0, 0.05) is 5.70 Å². The highest BCUT2D eigenvalue weighted by Crippen LogP contribution is 2.31. The largest absolute Gasteiger partial charge is 0.573 e. The zero-order valence-electron chi connectivity index (χ0n) is 14.3. The fraction of sp³-hybridized carbons (Fsp3) is 0.412. The number of hydrogen-bond donors (Lipinski definition) is 2. The Balaban J connectivity index is 2.38. The quantitative estimate of drug-likeness (QED) is 0.572. The topological polar surface area (TPSA) is 59.6 Å². The predicted octanol–water partition coefficient (Wildman–Crippen LogP) is 3.72. The Morgan fingerprint density at radius 2 is 1.88 bits per heavy atom. The van der Waals surface area contributed by atoms with E-state index < -0.39 is 18.4 Å². The molecule has 0 bridgehead atoms. The fourth-order valence-electron chi connectivity index (χ4n) is 2.63. The maximum atomic E-state index is 12.5. The summed E-state index contributed by atoms with van der Waals surface area (Å²) in [6.07, 6.45) is -3.40. The SMILES string of the molecule is CCCC1=C(C(=O)OCC)C(c2ccc(OC(F)(F)F)cc2)NC(=S)N1. The Bertz CT molecular complexity index is 702. The number of esters is 1. The first-order chi connectivity index (χ1) is 12.2. The van der Waals surface area contributed by atoms with Crippen LogP contribution in [-0.4, -0.2) is 24.1 Å². The van der Waals surface area contributed by atoms with Crippen LogP contribution in [0.3, 0.4) is 0 Å². The molecule has 0 radical (unpaired) electrons. The van der Waals surface area contributed by atoms with Crippen molar-refractivity contribution in [3.63, 3.8) is 0 Å². The minimum absolute atomic E-state index is 0.206. The highest BCUT2D eigenvalue weighted by atomic mass is 32.1. The smallest absolute Gasteiger partial charge is 0.463 e. The molecule has 26 heavy (non-hydrogen) atoms. The molecule has 9 heteroatoms. The van der Waals surface area contributed by atoms with E-state index in [9.17, 15) is 18.0 Å². The van der Waals surface area contributed by atoms with Crippen molar-refractivity contribution in [1.29, 1.82) is 0 Å². The summed E-state index contributed by atoms with van der Waals surface area (Å²) in [5.41, 5.74) is 1.59. The van der Waals surface area contributed by atoms with Gasteiger partial charge in [0.15, 0.2) is 5.11 Å².